The molecule has 3 rings (SSSR count). The Morgan fingerprint density at radius 1 is 1.24 bits per heavy atom. The second-order valence-corrected chi connectivity index (χ2v) is 6.14. The maximum Gasteiger partial charge on any atom is 0.233 e. The van der Waals surface area contributed by atoms with E-state index in [-0.39, 0.29) is 23.6 Å². The highest BCUT2D eigenvalue weighted by Gasteiger charge is 2.38. The molecular formula is C15H17ClN2O3. The molecule has 112 valence electrons. The molecule has 2 aliphatic heterocycles. The summed E-state index contributed by atoms with van der Waals surface area (Å²) in [7, 11) is 0. The Labute approximate surface area is 128 Å². The largest absolute Gasteiger partial charge is 0.373 e. The fourth-order valence-electron chi connectivity index (χ4n) is 2.82. The van der Waals surface area contributed by atoms with Crippen LogP contribution in [0.1, 0.15) is 37.1 Å². The van der Waals surface area contributed by atoms with Crippen LogP contribution in [0.15, 0.2) is 18.2 Å². The summed E-state index contributed by atoms with van der Waals surface area (Å²) in [6.45, 7) is 2.72. The first kappa shape index (κ1) is 14.4. The van der Waals surface area contributed by atoms with Gasteiger partial charge in [0.1, 0.15) is 6.42 Å². The first-order chi connectivity index (χ1) is 9.98. The van der Waals surface area contributed by atoms with Gasteiger partial charge in [-0.3, -0.25) is 9.59 Å². The Morgan fingerprint density at radius 3 is 2.62 bits per heavy atom. The number of nitrogens with one attached hydrogen (secondary N) is 2. The van der Waals surface area contributed by atoms with Crippen LogP contribution in [0, 0.1) is 0 Å². The quantitative estimate of drug-likeness (QED) is 0.652. The van der Waals surface area contributed by atoms with Gasteiger partial charge in [-0.1, -0.05) is 6.07 Å². The Bertz CT molecular complexity index is 597. The number of benzene rings is 1. The maximum atomic E-state index is 11.6. The fourth-order valence-corrected chi connectivity index (χ4v) is 3.13. The molecule has 2 aliphatic rings. The molecule has 0 radical (unpaired) electrons. The molecule has 1 aromatic rings. The van der Waals surface area contributed by atoms with Crippen LogP contribution in [0.3, 0.4) is 0 Å². The summed E-state index contributed by atoms with van der Waals surface area (Å²) in [5.41, 5.74) is 1.65. The highest BCUT2D eigenvalue weighted by molar-refractivity contribution is 6.22. The van der Waals surface area contributed by atoms with E-state index < -0.39 is 5.60 Å². The van der Waals surface area contributed by atoms with Gasteiger partial charge >= 0.3 is 0 Å². The van der Waals surface area contributed by atoms with Gasteiger partial charge in [-0.2, -0.15) is 0 Å². The standard InChI is InChI=1S/C15H17ClN2O3/c1-15(5-2-6-21-15)14(16)9-3-4-10-11(7-9)18-13(20)8-12(19)17-10/h3-4,7,14H,2,5-6,8H2,1H3,(H,17,19)(H,18,20). The van der Waals surface area contributed by atoms with Crippen molar-refractivity contribution in [2.75, 3.05) is 17.2 Å². The highest BCUT2D eigenvalue weighted by Crippen LogP contribution is 2.43. The molecule has 2 heterocycles. The average Bonchev–Trinajstić information content (AvgIpc) is 2.81. The minimum Gasteiger partial charge on any atom is -0.373 e. The smallest absolute Gasteiger partial charge is 0.233 e. The van der Waals surface area contributed by atoms with E-state index in [2.05, 4.69) is 10.6 Å². The second-order valence-electron chi connectivity index (χ2n) is 5.71. The number of anilines is 2. The van der Waals surface area contributed by atoms with Crippen molar-refractivity contribution in [3.05, 3.63) is 23.8 Å². The third-order valence-electron chi connectivity index (χ3n) is 3.99. The zero-order valence-corrected chi connectivity index (χ0v) is 12.5. The second kappa shape index (κ2) is 5.31. The molecule has 0 bridgehead atoms. The summed E-state index contributed by atoms with van der Waals surface area (Å²) >= 11 is 6.58. The zero-order chi connectivity index (χ0) is 15.0. The van der Waals surface area contributed by atoms with E-state index in [1.165, 1.54) is 0 Å². The van der Waals surface area contributed by atoms with Crippen LogP contribution in [-0.2, 0) is 14.3 Å². The van der Waals surface area contributed by atoms with Crippen molar-refractivity contribution in [3.63, 3.8) is 0 Å². The van der Waals surface area contributed by atoms with Gasteiger partial charge in [0.2, 0.25) is 11.8 Å². The maximum absolute atomic E-state index is 11.6. The van der Waals surface area contributed by atoms with Crippen molar-refractivity contribution >= 4 is 34.8 Å². The number of hydrogen-bond acceptors (Lipinski definition) is 3. The summed E-state index contributed by atoms with van der Waals surface area (Å²) in [6, 6.07) is 5.44. The summed E-state index contributed by atoms with van der Waals surface area (Å²) in [4.78, 5) is 23.1. The minimum atomic E-state index is -0.395. The zero-order valence-electron chi connectivity index (χ0n) is 11.7. The van der Waals surface area contributed by atoms with Gasteiger partial charge in [0.05, 0.1) is 22.4 Å². The molecule has 0 saturated carbocycles. The van der Waals surface area contributed by atoms with Crippen molar-refractivity contribution in [1.29, 1.82) is 0 Å². The highest BCUT2D eigenvalue weighted by atomic mass is 35.5. The van der Waals surface area contributed by atoms with E-state index in [0.29, 0.717) is 11.4 Å². The summed E-state index contributed by atoms with van der Waals surface area (Å²) < 4.78 is 5.77. The van der Waals surface area contributed by atoms with Crippen LogP contribution in [0.25, 0.3) is 0 Å². The molecule has 1 saturated heterocycles. The van der Waals surface area contributed by atoms with Gasteiger partial charge in [0, 0.05) is 6.61 Å². The predicted octanol–water partition coefficient (Wildman–Crippen LogP) is 2.82. The predicted molar refractivity (Wildman–Crippen MR) is 80.5 cm³/mol. The van der Waals surface area contributed by atoms with E-state index in [1.807, 2.05) is 19.1 Å². The van der Waals surface area contributed by atoms with Gasteiger partial charge in [0.15, 0.2) is 0 Å². The number of alkyl halides is 1. The molecule has 2 atom stereocenters. The SMILES string of the molecule is CC1(C(Cl)c2ccc3c(c2)NC(=O)CC(=O)N3)CCCO1. The number of hydrogen-bond donors (Lipinski definition) is 2. The molecule has 6 heteroatoms. The van der Waals surface area contributed by atoms with Crippen molar-refractivity contribution in [1.82, 2.24) is 0 Å². The normalized spacial score (nSPS) is 26.6. The number of carbonyl (C=O) groups is 2. The number of halogens is 1. The number of ether oxygens (including phenoxy) is 1. The third kappa shape index (κ3) is 2.76. The topological polar surface area (TPSA) is 67.4 Å². The van der Waals surface area contributed by atoms with Gasteiger partial charge in [-0.05, 0) is 37.5 Å². The summed E-state index contributed by atoms with van der Waals surface area (Å²) in [5, 5.41) is 5.13. The van der Waals surface area contributed by atoms with Crippen LogP contribution in [0.2, 0.25) is 0 Å². The van der Waals surface area contributed by atoms with Crippen molar-refractivity contribution in [3.8, 4) is 0 Å². The first-order valence-corrected chi connectivity index (χ1v) is 7.43. The number of rotatable bonds is 2. The van der Waals surface area contributed by atoms with Crippen LogP contribution in [-0.4, -0.2) is 24.0 Å². The molecule has 2 unspecified atom stereocenters. The van der Waals surface area contributed by atoms with Crippen LogP contribution in [0.5, 0.6) is 0 Å². The van der Waals surface area contributed by atoms with Crippen molar-refractivity contribution < 1.29 is 14.3 Å². The van der Waals surface area contributed by atoms with E-state index in [4.69, 9.17) is 16.3 Å². The van der Waals surface area contributed by atoms with Gasteiger partial charge in [-0.25, -0.2) is 0 Å². The lowest BCUT2D eigenvalue weighted by Gasteiger charge is -2.29. The monoisotopic (exact) mass is 308 g/mol. The molecular weight excluding hydrogens is 292 g/mol. The summed E-state index contributed by atoms with van der Waals surface area (Å²) in [5.74, 6) is -0.634. The minimum absolute atomic E-state index is 0.171. The Balaban J connectivity index is 1.92. The van der Waals surface area contributed by atoms with E-state index in [1.54, 1.807) is 6.07 Å². The number of fused-ring (bicyclic) bond motifs is 1. The molecule has 1 fully saturated rings. The Morgan fingerprint density at radius 2 is 1.95 bits per heavy atom. The van der Waals surface area contributed by atoms with Crippen LogP contribution >= 0.6 is 11.6 Å². The summed E-state index contributed by atoms with van der Waals surface area (Å²) in [6.07, 6.45) is 1.73. The fraction of sp³-hybridized carbons (Fsp3) is 0.467. The van der Waals surface area contributed by atoms with Gasteiger partial charge < -0.3 is 15.4 Å². The lowest BCUT2D eigenvalue weighted by atomic mass is 9.92. The van der Waals surface area contributed by atoms with E-state index >= 15 is 0 Å². The molecule has 2 amide bonds. The molecule has 21 heavy (non-hydrogen) atoms. The molecule has 2 N–H and O–H groups in total. The lowest BCUT2D eigenvalue weighted by molar-refractivity contribution is -0.123. The van der Waals surface area contributed by atoms with Crippen LogP contribution < -0.4 is 10.6 Å². The van der Waals surface area contributed by atoms with Crippen LogP contribution in [0.4, 0.5) is 11.4 Å². The number of carbonyl (C=O) groups excluding carboxylic acids is 2. The Hall–Kier alpha value is -1.59. The lowest BCUT2D eigenvalue weighted by Crippen LogP contribution is -2.28. The third-order valence-corrected chi connectivity index (χ3v) is 4.70. The van der Waals surface area contributed by atoms with E-state index in [0.717, 1.165) is 25.0 Å². The van der Waals surface area contributed by atoms with E-state index in [9.17, 15) is 9.59 Å². The molecule has 0 aliphatic carbocycles. The average molecular weight is 309 g/mol. The Kier molecular flexibility index (Phi) is 3.63. The van der Waals surface area contributed by atoms with Crippen molar-refractivity contribution in [2.45, 2.75) is 37.2 Å². The molecule has 5 nitrogen and oxygen atoms in total. The van der Waals surface area contributed by atoms with Gasteiger partial charge in [-0.15, -0.1) is 11.6 Å². The molecule has 0 aromatic heterocycles. The number of amides is 2. The first-order valence-electron chi connectivity index (χ1n) is 7.00. The molecule has 0 spiro atoms. The van der Waals surface area contributed by atoms with Crippen molar-refractivity contribution in [2.24, 2.45) is 0 Å². The molecule has 1 aromatic carbocycles. The van der Waals surface area contributed by atoms with Gasteiger partial charge in [0.25, 0.3) is 0 Å².